The smallest absolute Gasteiger partial charge is 0.244 e. The fraction of sp³-hybridized carbons (Fsp3) is 0.355. The van der Waals surface area contributed by atoms with E-state index < -0.39 is 28.5 Å². The molecule has 0 saturated heterocycles. The van der Waals surface area contributed by atoms with Crippen LogP contribution in [0.1, 0.15) is 50.3 Å². The molecule has 0 heterocycles. The van der Waals surface area contributed by atoms with Crippen molar-refractivity contribution in [2.75, 3.05) is 17.1 Å². The van der Waals surface area contributed by atoms with Crippen LogP contribution < -0.4 is 9.62 Å². The van der Waals surface area contributed by atoms with Crippen molar-refractivity contribution in [2.24, 2.45) is 0 Å². The van der Waals surface area contributed by atoms with Crippen LogP contribution in [0.15, 0.2) is 72.8 Å². The first-order chi connectivity index (χ1) is 19.3. The number of nitrogens with zero attached hydrogens (tertiary/aromatic N) is 2. The van der Waals surface area contributed by atoms with Crippen LogP contribution in [0, 0.1) is 0 Å². The second-order valence-electron chi connectivity index (χ2n) is 10.6. The lowest BCUT2D eigenvalue weighted by atomic mass is 10.0. The summed E-state index contributed by atoms with van der Waals surface area (Å²) in [5, 5.41) is 3.69. The maximum Gasteiger partial charge on any atom is 0.244 e. The van der Waals surface area contributed by atoms with Crippen LogP contribution in [0.4, 0.5) is 5.69 Å². The molecular weight excluding hydrogens is 581 g/mol. The van der Waals surface area contributed by atoms with Gasteiger partial charge in [-0.05, 0) is 60.7 Å². The second-order valence-corrected chi connectivity index (χ2v) is 13.4. The molecule has 0 aliphatic heterocycles. The van der Waals surface area contributed by atoms with E-state index in [-0.39, 0.29) is 30.8 Å². The Labute approximate surface area is 253 Å². The van der Waals surface area contributed by atoms with Gasteiger partial charge >= 0.3 is 0 Å². The van der Waals surface area contributed by atoms with Crippen molar-refractivity contribution in [3.05, 3.63) is 99.5 Å². The maximum atomic E-state index is 14.1. The lowest BCUT2D eigenvalue weighted by Gasteiger charge is -2.34. The van der Waals surface area contributed by atoms with Gasteiger partial charge in [0.1, 0.15) is 12.6 Å². The Morgan fingerprint density at radius 2 is 1.54 bits per heavy atom. The van der Waals surface area contributed by atoms with Gasteiger partial charge in [0, 0.05) is 29.1 Å². The van der Waals surface area contributed by atoms with E-state index in [4.69, 9.17) is 23.2 Å². The summed E-state index contributed by atoms with van der Waals surface area (Å²) in [6.07, 6.45) is 1.28. The highest BCUT2D eigenvalue weighted by atomic mass is 35.5. The number of carbonyl (C=O) groups is 2. The summed E-state index contributed by atoms with van der Waals surface area (Å²) < 4.78 is 26.9. The van der Waals surface area contributed by atoms with Crippen molar-refractivity contribution < 1.29 is 18.0 Å². The summed E-state index contributed by atoms with van der Waals surface area (Å²) in [5.41, 5.74) is 2.83. The average Bonchev–Trinajstić information content (AvgIpc) is 2.89. The van der Waals surface area contributed by atoms with Gasteiger partial charge in [0.05, 0.1) is 11.9 Å². The number of anilines is 1. The van der Waals surface area contributed by atoms with E-state index in [9.17, 15) is 18.0 Å². The van der Waals surface area contributed by atoms with Gasteiger partial charge in [-0.2, -0.15) is 0 Å². The number of nitrogens with one attached hydrogen (secondary N) is 1. The van der Waals surface area contributed by atoms with E-state index in [0.717, 1.165) is 21.7 Å². The van der Waals surface area contributed by atoms with E-state index in [1.165, 1.54) is 4.90 Å². The molecule has 0 spiro atoms. The average molecular weight is 619 g/mol. The molecule has 3 aromatic rings. The fourth-order valence-corrected chi connectivity index (χ4v) is 5.73. The molecule has 0 radical (unpaired) electrons. The van der Waals surface area contributed by atoms with Gasteiger partial charge in [0.2, 0.25) is 21.8 Å². The lowest BCUT2D eigenvalue weighted by molar-refractivity contribution is -0.140. The number of hydrogen-bond acceptors (Lipinski definition) is 4. The van der Waals surface area contributed by atoms with Crippen LogP contribution in [0.2, 0.25) is 10.0 Å². The van der Waals surface area contributed by atoms with Gasteiger partial charge in [-0.3, -0.25) is 13.9 Å². The Morgan fingerprint density at radius 1 is 0.902 bits per heavy atom. The second kappa shape index (κ2) is 14.2. The number of amides is 2. The summed E-state index contributed by atoms with van der Waals surface area (Å²) in [6.45, 7) is 7.24. The van der Waals surface area contributed by atoms with E-state index >= 15 is 0 Å². The minimum absolute atomic E-state index is 0.0261. The monoisotopic (exact) mass is 617 g/mol. The zero-order valence-corrected chi connectivity index (χ0v) is 26.3. The molecule has 0 aliphatic carbocycles. The Kier molecular flexibility index (Phi) is 11.2. The maximum absolute atomic E-state index is 14.1. The molecular formula is C31H37Cl2N3O4S. The van der Waals surface area contributed by atoms with Gasteiger partial charge in [0.15, 0.2) is 0 Å². The molecule has 0 aliphatic rings. The molecule has 2 amide bonds. The molecule has 220 valence electrons. The van der Waals surface area contributed by atoms with E-state index in [2.05, 4.69) is 5.32 Å². The number of carbonyl (C=O) groups excluding carboxylic acids is 2. The Morgan fingerprint density at radius 3 is 2.07 bits per heavy atom. The van der Waals surface area contributed by atoms with Gasteiger partial charge in [0.25, 0.3) is 0 Å². The number of hydrogen-bond donors (Lipinski definition) is 1. The number of sulfonamides is 1. The minimum Gasteiger partial charge on any atom is -0.352 e. The molecule has 0 fully saturated rings. The topological polar surface area (TPSA) is 86.8 Å². The summed E-state index contributed by atoms with van der Waals surface area (Å²) in [5.74, 6) is -0.640. The highest BCUT2D eigenvalue weighted by Crippen LogP contribution is 2.26. The predicted molar refractivity (Wildman–Crippen MR) is 167 cm³/mol. The molecule has 0 unspecified atom stereocenters. The third-order valence-electron chi connectivity index (χ3n) is 6.58. The molecule has 41 heavy (non-hydrogen) atoms. The third kappa shape index (κ3) is 9.21. The quantitative estimate of drug-likeness (QED) is 0.268. The van der Waals surface area contributed by atoms with Crippen LogP contribution in [0.5, 0.6) is 0 Å². The van der Waals surface area contributed by atoms with E-state index in [0.29, 0.717) is 21.3 Å². The van der Waals surface area contributed by atoms with Crippen molar-refractivity contribution in [3.63, 3.8) is 0 Å². The van der Waals surface area contributed by atoms with Gasteiger partial charge in [-0.15, -0.1) is 0 Å². The summed E-state index contributed by atoms with van der Waals surface area (Å²) in [7, 11) is -3.85. The molecule has 0 bridgehead atoms. The molecule has 10 heteroatoms. The van der Waals surface area contributed by atoms with E-state index in [1.54, 1.807) is 30.3 Å². The molecule has 3 rings (SSSR count). The normalized spacial score (nSPS) is 12.3. The van der Waals surface area contributed by atoms with Gasteiger partial charge < -0.3 is 10.2 Å². The van der Waals surface area contributed by atoms with Gasteiger partial charge in [-0.25, -0.2) is 8.42 Å². The summed E-state index contributed by atoms with van der Waals surface area (Å²) in [6, 6.07) is 20.3. The number of benzene rings is 3. The summed E-state index contributed by atoms with van der Waals surface area (Å²) >= 11 is 12.6. The predicted octanol–water partition coefficient (Wildman–Crippen LogP) is 6.05. The van der Waals surface area contributed by atoms with E-state index in [1.807, 2.05) is 70.2 Å². The van der Waals surface area contributed by atoms with Crippen LogP contribution in [-0.4, -0.2) is 50.0 Å². The first-order valence-electron chi connectivity index (χ1n) is 13.4. The van der Waals surface area contributed by atoms with Crippen molar-refractivity contribution in [1.82, 2.24) is 10.2 Å². The molecule has 3 aromatic carbocycles. The SMILES string of the molecule is CC(C)NC(=O)[C@H](Cc1ccccc1)N(Cc1ccc(Cl)cc1Cl)C(=O)CN(c1ccc(C(C)C)cc1)S(C)(=O)=O. The number of rotatable bonds is 12. The van der Waals surface area contributed by atoms with Crippen LogP contribution in [0.25, 0.3) is 0 Å². The highest BCUT2D eigenvalue weighted by Gasteiger charge is 2.33. The zero-order chi connectivity index (χ0) is 30.3. The number of halogens is 2. The van der Waals surface area contributed by atoms with Crippen LogP contribution >= 0.6 is 23.2 Å². The summed E-state index contributed by atoms with van der Waals surface area (Å²) in [4.78, 5) is 29.1. The molecule has 0 aromatic heterocycles. The van der Waals surface area contributed by atoms with Crippen LogP contribution in [-0.2, 0) is 32.6 Å². The largest absolute Gasteiger partial charge is 0.352 e. The standard InChI is InChI=1S/C31H37Cl2N3O4S/c1-21(2)24-12-15-27(16-13-24)36(41(5,39)40)20-30(37)35(19-25-11-14-26(32)18-28(25)33)29(31(38)34-22(3)4)17-23-9-7-6-8-10-23/h6-16,18,21-22,29H,17,19-20H2,1-5H3,(H,34,38)/t29-/m0/s1. The Bertz CT molecular complexity index is 1450. The fourth-order valence-electron chi connectivity index (χ4n) is 4.41. The Hall–Kier alpha value is -3.07. The minimum atomic E-state index is -3.85. The molecule has 0 saturated carbocycles. The molecule has 1 N–H and O–H groups in total. The van der Waals surface area contributed by atoms with Crippen molar-refractivity contribution in [2.45, 2.75) is 58.7 Å². The zero-order valence-electron chi connectivity index (χ0n) is 24.0. The third-order valence-corrected chi connectivity index (χ3v) is 8.31. The first-order valence-corrected chi connectivity index (χ1v) is 16.0. The van der Waals surface area contributed by atoms with Crippen LogP contribution in [0.3, 0.4) is 0 Å². The van der Waals surface area contributed by atoms with Crippen molar-refractivity contribution in [3.8, 4) is 0 Å². The molecule has 1 atom stereocenters. The van der Waals surface area contributed by atoms with Gasteiger partial charge in [-0.1, -0.05) is 85.6 Å². The Balaban J connectivity index is 2.07. The lowest BCUT2D eigenvalue weighted by Crippen LogP contribution is -2.54. The van der Waals surface area contributed by atoms with Crippen molar-refractivity contribution in [1.29, 1.82) is 0 Å². The van der Waals surface area contributed by atoms with Crippen molar-refractivity contribution >= 4 is 50.7 Å². The highest BCUT2D eigenvalue weighted by molar-refractivity contribution is 7.92. The first kappa shape index (κ1) is 32.4. The molecule has 7 nitrogen and oxygen atoms in total.